The van der Waals surface area contributed by atoms with E-state index in [2.05, 4.69) is 29.3 Å². The number of nitrogens with one attached hydrogen (secondary N) is 1. The molecule has 0 radical (unpaired) electrons. The molecule has 29 heavy (non-hydrogen) atoms. The average molecular weight is 395 g/mol. The van der Waals surface area contributed by atoms with E-state index in [1.165, 1.54) is 12.5 Å². The molecule has 1 aliphatic rings. The van der Waals surface area contributed by atoms with Crippen molar-refractivity contribution in [1.82, 2.24) is 10.2 Å². The average Bonchev–Trinajstić information content (AvgIpc) is 3.39. The minimum atomic E-state index is -0.325. The molecule has 0 heterocycles. The highest BCUT2D eigenvalue weighted by molar-refractivity contribution is 5.84. The van der Waals surface area contributed by atoms with Gasteiger partial charge in [-0.15, -0.1) is 0 Å². The summed E-state index contributed by atoms with van der Waals surface area (Å²) in [5.74, 6) is 0.392. The van der Waals surface area contributed by atoms with Gasteiger partial charge < -0.3 is 15.0 Å². The van der Waals surface area contributed by atoms with Crippen LogP contribution in [0.25, 0.3) is 0 Å². The molecule has 0 aliphatic heterocycles. The van der Waals surface area contributed by atoms with E-state index in [9.17, 15) is 9.59 Å². The molecule has 1 amide bonds. The Morgan fingerprint density at radius 3 is 2.38 bits per heavy atom. The van der Waals surface area contributed by atoms with Crippen LogP contribution in [0.15, 0.2) is 54.6 Å². The number of esters is 1. The van der Waals surface area contributed by atoms with Gasteiger partial charge in [-0.3, -0.25) is 9.59 Å². The Labute approximate surface area is 173 Å². The first-order chi connectivity index (χ1) is 13.8. The summed E-state index contributed by atoms with van der Waals surface area (Å²) in [6.07, 6.45) is 1.70. The first-order valence-corrected chi connectivity index (χ1v) is 10.1. The van der Waals surface area contributed by atoms with Crippen molar-refractivity contribution in [3.8, 4) is 5.75 Å². The van der Waals surface area contributed by atoms with Gasteiger partial charge in [0.2, 0.25) is 5.91 Å². The van der Waals surface area contributed by atoms with E-state index in [0.717, 1.165) is 18.4 Å². The third-order valence-electron chi connectivity index (χ3n) is 5.89. The summed E-state index contributed by atoms with van der Waals surface area (Å²) in [7, 11) is 4.05. The predicted molar refractivity (Wildman–Crippen MR) is 114 cm³/mol. The molecule has 0 spiro atoms. The topological polar surface area (TPSA) is 58.6 Å². The third kappa shape index (κ3) is 5.24. The third-order valence-corrected chi connectivity index (χ3v) is 5.89. The maximum atomic E-state index is 12.7. The zero-order chi connectivity index (χ0) is 21.0. The Kier molecular flexibility index (Phi) is 6.38. The SMILES string of the molecule is CC(=O)Oc1ccc(CC(CNC(=O)[C@@H]2C[C@@]2(C)c2ccccc2)N(C)C)cc1. The second-order valence-electron chi connectivity index (χ2n) is 8.34. The zero-order valence-electron chi connectivity index (χ0n) is 17.6. The number of carbonyl (C=O) groups excluding carboxylic acids is 2. The largest absolute Gasteiger partial charge is 0.427 e. The Morgan fingerprint density at radius 1 is 1.14 bits per heavy atom. The summed E-state index contributed by atoms with van der Waals surface area (Å²) in [6, 6.07) is 18.0. The quantitative estimate of drug-likeness (QED) is 0.552. The molecule has 2 aromatic carbocycles. The lowest BCUT2D eigenvalue weighted by Crippen LogP contribution is -2.42. The van der Waals surface area contributed by atoms with E-state index in [-0.39, 0.29) is 29.3 Å². The van der Waals surface area contributed by atoms with Crippen molar-refractivity contribution in [2.24, 2.45) is 5.92 Å². The van der Waals surface area contributed by atoms with Crippen LogP contribution in [-0.4, -0.2) is 43.5 Å². The molecule has 1 fully saturated rings. The summed E-state index contributed by atoms with van der Waals surface area (Å²) in [4.78, 5) is 25.9. The number of likely N-dealkylation sites (N-methyl/N-ethyl adjacent to an activating group) is 1. The monoisotopic (exact) mass is 394 g/mol. The molecular weight excluding hydrogens is 364 g/mol. The molecular formula is C24H30N2O3. The van der Waals surface area contributed by atoms with Crippen LogP contribution < -0.4 is 10.1 Å². The first-order valence-electron chi connectivity index (χ1n) is 10.1. The van der Waals surface area contributed by atoms with E-state index in [0.29, 0.717) is 12.3 Å². The smallest absolute Gasteiger partial charge is 0.308 e. The molecule has 1 saturated carbocycles. The molecule has 2 aromatic rings. The van der Waals surface area contributed by atoms with Gasteiger partial charge in [-0.25, -0.2) is 0 Å². The van der Waals surface area contributed by atoms with Crippen molar-refractivity contribution in [1.29, 1.82) is 0 Å². The summed E-state index contributed by atoms with van der Waals surface area (Å²) in [5.41, 5.74) is 2.32. The predicted octanol–water partition coefficient (Wildman–Crippen LogP) is 3.18. The minimum Gasteiger partial charge on any atom is -0.427 e. The highest BCUT2D eigenvalue weighted by Crippen LogP contribution is 2.53. The van der Waals surface area contributed by atoms with Crippen molar-refractivity contribution in [3.63, 3.8) is 0 Å². The fraction of sp³-hybridized carbons (Fsp3) is 0.417. The van der Waals surface area contributed by atoms with Gasteiger partial charge in [0.25, 0.3) is 0 Å². The number of hydrogen-bond donors (Lipinski definition) is 1. The van der Waals surface area contributed by atoms with Crippen LogP contribution in [-0.2, 0) is 21.4 Å². The molecule has 3 atom stereocenters. The maximum absolute atomic E-state index is 12.7. The van der Waals surface area contributed by atoms with Crippen LogP contribution in [0.3, 0.4) is 0 Å². The summed E-state index contributed by atoms with van der Waals surface area (Å²) < 4.78 is 5.08. The van der Waals surface area contributed by atoms with Crippen LogP contribution in [0, 0.1) is 5.92 Å². The summed E-state index contributed by atoms with van der Waals surface area (Å²) in [6.45, 7) is 4.15. The number of nitrogens with zero attached hydrogens (tertiary/aromatic N) is 1. The lowest BCUT2D eigenvalue weighted by Gasteiger charge is -2.25. The molecule has 0 saturated heterocycles. The number of amides is 1. The molecule has 3 rings (SSSR count). The molecule has 0 bridgehead atoms. The normalized spacial score (nSPS) is 21.5. The second kappa shape index (κ2) is 8.78. The summed E-state index contributed by atoms with van der Waals surface area (Å²) >= 11 is 0. The van der Waals surface area contributed by atoms with Gasteiger partial charge in [0.05, 0.1) is 0 Å². The number of hydrogen-bond acceptors (Lipinski definition) is 4. The minimum absolute atomic E-state index is 0.0377. The molecule has 5 nitrogen and oxygen atoms in total. The van der Waals surface area contributed by atoms with E-state index in [4.69, 9.17) is 4.74 Å². The standard InChI is InChI=1S/C24H30N2O3/c1-17(27)29-21-12-10-18(11-13-21)14-20(26(3)4)16-25-23(28)22-15-24(22,2)19-8-6-5-7-9-19/h5-13,20,22H,14-16H2,1-4H3,(H,25,28)/t20?,22-,24-/m0/s1. The Bertz CT molecular complexity index is 848. The zero-order valence-corrected chi connectivity index (χ0v) is 17.6. The second-order valence-corrected chi connectivity index (χ2v) is 8.34. The maximum Gasteiger partial charge on any atom is 0.308 e. The molecule has 5 heteroatoms. The number of carbonyl (C=O) groups is 2. The Morgan fingerprint density at radius 2 is 1.79 bits per heavy atom. The molecule has 1 unspecified atom stereocenters. The van der Waals surface area contributed by atoms with E-state index >= 15 is 0 Å². The van der Waals surface area contributed by atoms with Crippen molar-refractivity contribution in [3.05, 3.63) is 65.7 Å². The van der Waals surface area contributed by atoms with Gasteiger partial charge in [-0.2, -0.15) is 0 Å². The Balaban J connectivity index is 1.55. The van der Waals surface area contributed by atoms with Crippen LogP contribution in [0.2, 0.25) is 0 Å². The Hall–Kier alpha value is -2.66. The summed E-state index contributed by atoms with van der Waals surface area (Å²) in [5, 5.41) is 3.16. The van der Waals surface area contributed by atoms with Crippen LogP contribution in [0.5, 0.6) is 5.75 Å². The van der Waals surface area contributed by atoms with E-state index in [1.807, 2.05) is 44.4 Å². The van der Waals surface area contributed by atoms with Gasteiger partial charge in [-0.1, -0.05) is 49.4 Å². The van der Waals surface area contributed by atoms with Crippen molar-refractivity contribution in [2.45, 2.75) is 38.1 Å². The first kappa shape index (κ1) is 21.1. The molecule has 154 valence electrons. The van der Waals surface area contributed by atoms with E-state index in [1.54, 1.807) is 12.1 Å². The van der Waals surface area contributed by atoms with Crippen LogP contribution in [0.1, 0.15) is 31.4 Å². The highest BCUT2D eigenvalue weighted by atomic mass is 16.5. The fourth-order valence-corrected chi connectivity index (χ4v) is 3.80. The van der Waals surface area contributed by atoms with Gasteiger partial charge in [0.1, 0.15) is 5.75 Å². The molecule has 1 aliphatic carbocycles. The van der Waals surface area contributed by atoms with Gasteiger partial charge in [-0.05, 0) is 50.2 Å². The van der Waals surface area contributed by atoms with Crippen molar-refractivity contribution < 1.29 is 14.3 Å². The number of rotatable bonds is 8. The number of benzene rings is 2. The lowest BCUT2D eigenvalue weighted by molar-refractivity contribution is -0.131. The van der Waals surface area contributed by atoms with Gasteiger partial charge >= 0.3 is 5.97 Å². The van der Waals surface area contributed by atoms with Crippen LogP contribution in [0.4, 0.5) is 0 Å². The molecule has 0 aromatic heterocycles. The van der Waals surface area contributed by atoms with Crippen molar-refractivity contribution in [2.75, 3.05) is 20.6 Å². The molecule has 1 N–H and O–H groups in total. The number of ether oxygens (including phenoxy) is 1. The van der Waals surface area contributed by atoms with Crippen LogP contribution >= 0.6 is 0 Å². The van der Waals surface area contributed by atoms with Gasteiger partial charge in [0, 0.05) is 30.8 Å². The van der Waals surface area contributed by atoms with E-state index < -0.39 is 0 Å². The van der Waals surface area contributed by atoms with Gasteiger partial charge in [0.15, 0.2) is 0 Å². The lowest BCUT2D eigenvalue weighted by atomic mass is 9.95. The highest BCUT2D eigenvalue weighted by Gasteiger charge is 2.55. The fourth-order valence-electron chi connectivity index (χ4n) is 3.80. The van der Waals surface area contributed by atoms with Crippen molar-refractivity contribution >= 4 is 11.9 Å².